The molecule has 3 atom stereocenters. The first-order valence-electron chi connectivity index (χ1n) is 13.3. The van der Waals surface area contributed by atoms with Gasteiger partial charge in [0.1, 0.15) is 5.60 Å². The highest BCUT2D eigenvalue weighted by atomic mass is 16.5. The summed E-state index contributed by atoms with van der Waals surface area (Å²) in [6.45, 7) is 6.64. The quantitative estimate of drug-likeness (QED) is 0.499. The molecule has 1 aromatic heterocycles. The normalized spacial score (nSPS) is 25.3. The van der Waals surface area contributed by atoms with Gasteiger partial charge in [-0.1, -0.05) is 30.3 Å². The molecule has 3 aromatic rings. The summed E-state index contributed by atoms with van der Waals surface area (Å²) in [4.78, 5) is 27.0. The van der Waals surface area contributed by atoms with Crippen LogP contribution in [0.5, 0.6) is 11.5 Å². The molecule has 2 saturated heterocycles. The monoisotopic (exact) mass is 518 g/mol. The number of nitrogens with zero attached hydrogens (tertiary/aromatic N) is 2. The molecule has 8 nitrogen and oxygen atoms in total. The lowest BCUT2D eigenvalue weighted by molar-refractivity contribution is -0.198. The van der Waals surface area contributed by atoms with Crippen molar-refractivity contribution in [3.05, 3.63) is 59.8 Å². The molecule has 3 aliphatic rings. The molecule has 3 aliphatic heterocycles. The van der Waals surface area contributed by atoms with Crippen LogP contribution in [-0.2, 0) is 16.1 Å². The Balaban J connectivity index is 1.26. The van der Waals surface area contributed by atoms with E-state index in [-0.39, 0.29) is 29.8 Å². The maximum absolute atomic E-state index is 13.6. The third kappa shape index (κ3) is 3.85. The zero-order valence-electron chi connectivity index (χ0n) is 22.1. The van der Waals surface area contributed by atoms with E-state index in [1.54, 1.807) is 7.11 Å². The Morgan fingerprint density at radius 1 is 1.16 bits per heavy atom. The van der Waals surface area contributed by atoms with Crippen molar-refractivity contribution in [3.8, 4) is 11.5 Å². The van der Waals surface area contributed by atoms with Gasteiger partial charge in [-0.25, -0.2) is 0 Å². The second-order valence-electron chi connectivity index (χ2n) is 11.2. The highest BCUT2D eigenvalue weighted by Crippen LogP contribution is 2.58. The number of amides is 1. The first kappa shape index (κ1) is 24.8. The van der Waals surface area contributed by atoms with Crippen LogP contribution in [0, 0.1) is 11.3 Å². The number of carboxylic acid groups (broad SMARTS) is 1. The minimum Gasteiger partial charge on any atom is -0.493 e. The fourth-order valence-electron chi connectivity index (χ4n) is 6.76. The molecule has 1 N–H and O–H groups in total. The summed E-state index contributed by atoms with van der Waals surface area (Å²) in [7, 11) is 1.61. The smallest absolute Gasteiger partial charge is 0.303 e. The number of carbonyl (C=O) groups excluding carboxylic acids is 1. The number of carboxylic acids is 1. The summed E-state index contributed by atoms with van der Waals surface area (Å²) < 4.78 is 20.8. The summed E-state index contributed by atoms with van der Waals surface area (Å²) >= 11 is 0. The highest BCUT2D eigenvalue weighted by Gasteiger charge is 2.58. The number of likely N-dealkylation sites (tertiary alicyclic amines) is 1. The molecular weight excluding hydrogens is 484 g/mol. The number of carbonyl (C=O) groups is 2. The van der Waals surface area contributed by atoms with Crippen LogP contribution in [0.2, 0.25) is 0 Å². The van der Waals surface area contributed by atoms with Gasteiger partial charge in [-0.15, -0.1) is 0 Å². The predicted octanol–water partition coefficient (Wildman–Crippen LogP) is 4.91. The van der Waals surface area contributed by atoms with Crippen LogP contribution >= 0.6 is 0 Å². The Labute approximate surface area is 222 Å². The maximum Gasteiger partial charge on any atom is 0.303 e. The molecule has 1 amide bonds. The van der Waals surface area contributed by atoms with Gasteiger partial charge in [0.2, 0.25) is 0 Å². The summed E-state index contributed by atoms with van der Waals surface area (Å²) in [5, 5.41) is 10.4. The van der Waals surface area contributed by atoms with Crippen molar-refractivity contribution in [1.29, 1.82) is 0 Å². The number of rotatable bonds is 6. The van der Waals surface area contributed by atoms with E-state index in [1.807, 2.05) is 54.4 Å². The second kappa shape index (κ2) is 9.05. The number of aliphatic carboxylic acids is 1. The van der Waals surface area contributed by atoms with Crippen molar-refractivity contribution in [2.75, 3.05) is 26.8 Å². The number of aryl methyl sites for hydroxylation is 1. The third-order valence-electron chi connectivity index (χ3n) is 8.78. The molecule has 0 unspecified atom stereocenters. The molecule has 1 spiro atoms. The molecule has 0 aliphatic carbocycles. The van der Waals surface area contributed by atoms with E-state index < -0.39 is 11.6 Å². The van der Waals surface area contributed by atoms with E-state index >= 15 is 0 Å². The zero-order valence-corrected chi connectivity index (χ0v) is 22.1. The SMILES string of the molecule is CCn1cc(C(=O)N2CC3(CO[C@H]4c5cccc(OC)c5O[C@](C)(CCC(=O)O)[C@@H]4C3)C2)c2ccccc21. The standard InChI is InChI=1S/C30H34N2O6/c1-4-31-15-21(19-8-5-6-10-23(19)31)28(35)32-16-30(17-32)14-22-26(37-18-30)20-9-7-11-24(36-3)27(20)38-29(22,2)13-12-25(33)34/h5-11,15,22,26H,4,12-14,16-18H2,1-3H3,(H,33,34)/t22-,26+,29-/m1/s1. The van der Waals surface area contributed by atoms with Gasteiger partial charge in [-0.2, -0.15) is 0 Å². The number of hydrogen-bond donors (Lipinski definition) is 1. The van der Waals surface area contributed by atoms with Gasteiger partial charge >= 0.3 is 5.97 Å². The molecule has 6 rings (SSSR count). The average Bonchev–Trinajstić information content (AvgIpc) is 3.29. The highest BCUT2D eigenvalue weighted by molar-refractivity contribution is 6.07. The largest absolute Gasteiger partial charge is 0.493 e. The van der Waals surface area contributed by atoms with E-state index in [4.69, 9.17) is 14.2 Å². The predicted molar refractivity (Wildman–Crippen MR) is 142 cm³/mol. The maximum atomic E-state index is 13.6. The Hall–Kier alpha value is -3.52. The summed E-state index contributed by atoms with van der Waals surface area (Å²) in [6, 6.07) is 13.8. The Kier molecular flexibility index (Phi) is 5.90. The van der Waals surface area contributed by atoms with Crippen LogP contribution in [0.4, 0.5) is 0 Å². The van der Waals surface area contributed by atoms with Crippen molar-refractivity contribution >= 4 is 22.8 Å². The van der Waals surface area contributed by atoms with E-state index in [0.717, 1.165) is 35.0 Å². The Morgan fingerprint density at radius 3 is 2.68 bits per heavy atom. The topological polar surface area (TPSA) is 90.2 Å². The molecule has 200 valence electrons. The lowest BCUT2D eigenvalue weighted by Crippen LogP contribution is -2.65. The van der Waals surface area contributed by atoms with Gasteiger partial charge in [0.15, 0.2) is 11.5 Å². The minimum atomic E-state index is -0.852. The fourth-order valence-corrected chi connectivity index (χ4v) is 6.76. The van der Waals surface area contributed by atoms with Crippen LogP contribution < -0.4 is 9.47 Å². The van der Waals surface area contributed by atoms with Gasteiger partial charge in [-0.3, -0.25) is 9.59 Å². The number of para-hydroxylation sites is 2. The molecule has 8 heteroatoms. The van der Waals surface area contributed by atoms with Crippen molar-refractivity contribution in [2.24, 2.45) is 11.3 Å². The van der Waals surface area contributed by atoms with Gasteiger partial charge < -0.3 is 28.8 Å². The van der Waals surface area contributed by atoms with Crippen LogP contribution in [-0.4, -0.2) is 58.9 Å². The number of benzene rings is 2. The lowest BCUT2D eigenvalue weighted by Gasteiger charge is -2.59. The van der Waals surface area contributed by atoms with Crippen LogP contribution in [0.1, 0.15) is 55.1 Å². The van der Waals surface area contributed by atoms with Gasteiger partial charge in [0.25, 0.3) is 5.91 Å². The summed E-state index contributed by atoms with van der Waals surface area (Å²) in [5.74, 6) is 0.408. The van der Waals surface area contributed by atoms with Crippen molar-refractivity contribution in [3.63, 3.8) is 0 Å². The summed E-state index contributed by atoms with van der Waals surface area (Å²) in [6.07, 6.45) is 2.91. The lowest BCUT2D eigenvalue weighted by atomic mass is 9.63. The molecule has 0 saturated carbocycles. The minimum absolute atomic E-state index is 0.00328. The third-order valence-corrected chi connectivity index (χ3v) is 8.78. The number of methoxy groups -OCH3 is 1. The first-order valence-corrected chi connectivity index (χ1v) is 13.3. The molecule has 0 bridgehead atoms. The molecule has 38 heavy (non-hydrogen) atoms. The van der Waals surface area contributed by atoms with Gasteiger partial charge in [0, 0.05) is 60.1 Å². The molecule has 4 heterocycles. The van der Waals surface area contributed by atoms with E-state index in [9.17, 15) is 14.7 Å². The number of fused-ring (bicyclic) bond motifs is 4. The van der Waals surface area contributed by atoms with Gasteiger partial charge in [-0.05, 0) is 38.8 Å². The Bertz CT molecular complexity index is 1410. The average molecular weight is 519 g/mol. The van der Waals surface area contributed by atoms with Crippen molar-refractivity contribution in [2.45, 2.75) is 51.4 Å². The fraction of sp³-hybridized carbons (Fsp3) is 0.467. The van der Waals surface area contributed by atoms with Crippen molar-refractivity contribution in [1.82, 2.24) is 9.47 Å². The number of hydrogen-bond acceptors (Lipinski definition) is 5. The second-order valence-corrected chi connectivity index (χ2v) is 11.2. The Morgan fingerprint density at radius 2 is 1.95 bits per heavy atom. The number of aromatic nitrogens is 1. The molecule has 0 radical (unpaired) electrons. The van der Waals surface area contributed by atoms with Crippen molar-refractivity contribution < 1.29 is 28.9 Å². The van der Waals surface area contributed by atoms with E-state index in [1.165, 1.54) is 0 Å². The van der Waals surface area contributed by atoms with E-state index in [0.29, 0.717) is 37.6 Å². The van der Waals surface area contributed by atoms with Crippen LogP contribution in [0.25, 0.3) is 10.9 Å². The van der Waals surface area contributed by atoms with Crippen LogP contribution in [0.3, 0.4) is 0 Å². The van der Waals surface area contributed by atoms with Gasteiger partial charge in [0.05, 0.1) is 25.4 Å². The first-order chi connectivity index (χ1) is 18.3. The summed E-state index contributed by atoms with van der Waals surface area (Å²) in [5.41, 5.74) is 1.83. The molecular formula is C30H34N2O6. The van der Waals surface area contributed by atoms with Crippen LogP contribution in [0.15, 0.2) is 48.7 Å². The number of ether oxygens (including phenoxy) is 3. The zero-order chi connectivity index (χ0) is 26.7. The van der Waals surface area contributed by atoms with E-state index in [2.05, 4.69) is 17.6 Å². The molecule has 2 aromatic carbocycles. The molecule has 2 fully saturated rings.